The highest BCUT2D eigenvalue weighted by Gasteiger charge is 2.21. The molecule has 0 bridgehead atoms. The molecule has 0 atom stereocenters. The first-order valence-electron chi connectivity index (χ1n) is 9.46. The van der Waals surface area contributed by atoms with Crippen molar-refractivity contribution in [3.63, 3.8) is 0 Å². The lowest BCUT2D eigenvalue weighted by Crippen LogP contribution is -2.46. The molecule has 3 aromatic heterocycles. The second-order valence-corrected chi connectivity index (χ2v) is 8.12. The van der Waals surface area contributed by atoms with Crippen molar-refractivity contribution in [2.45, 2.75) is 13.5 Å². The number of anilines is 1. The van der Waals surface area contributed by atoms with Gasteiger partial charge in [-0.05, 0) is 18.6 Å². The number of rotatable bonds is 4. The van der Waals surface area contributed by atoms with Gasteiger partial charge >= 0.3 is 0 Å². The van der Waals surface area contributed by atoms with Crippen LogP contribution in [0.25, 0.3) is 20.7 Å². The molecule has 0 saturated carbocycles. The Morgan fingerprint density at radius 1 is 1.04 bits per heavy atom. The largest absolute Gasteiger partial charge is 0.361 e. The van der Waals surface area contributed by atoms with E-state index in [0.717, 1.165) is 60.2 Å². The Morgan fingerprint density at radius 3 is 2.61 bits per heavy atom. The number of fused-ring (bicyclic) bond motifs is 1. The van der Waals surface area contributed by atoms with Crippen LogP contribution in [0, 0.1) is 6.92 Å². The van der Waals surface area contributed by atoms with Crippen LogP contribution < -0.4 is 4.90 Å². The number of hydrogen-bond acceptors (Lipinski definition) is 7. The summed E-state index contributed by atoms with van der Waals surface area (Å²) in [6, 6.07) is 14.7. The first-order chi connectivity index (χ1) is 13.8. The first-order valence-corrected chi connectivity index (χ1v) is 10.3. The van der Waals surface area contributed by atoms with Crippen LogP contribution in [-0.4, -0.2) is 46.2 Å². The molecule has 0 unspecified atom stereocenters. The van der Waals surface area contributed by atoms with Crippen molar-refractivity contribution in [3.05, 3.63) is 60.2 Å². The van der Waals surface area contributed by atoms with Crippen LogP contribution in [0.3, 0.4) is 0 Å². The average molecular weight is 392 g/mol. The highest BCUT2D eigenvalue weighted by atomic mass is 32.1. The van der Waals surface area contributed by atoms with Crippen molar-refractivity contribution >= 4 is 27.4 Å². The summed E-state index contributed by atoms with van der Waals surface area (Å²) in [6.45, 7) is 6.61. The quantitative estimate of drug-likeness (QED) is 0.525. The number of aryl methyl sites for hydroxylation is 1. The molecule has 142 valence electrons. The van der Waals surface area contributed by atoms with Crippen LogP contribution in [0.2, 0.25) is 0 Å². The molecule has 1 aromatic carbocycles. The van der Waals surface area contributed by atoms with Gasteiger partial charge in [0.15, 0.2) is 0 Å². The second-order valence-electron chi connectivity index (χ2n) is 7.08. The van der Waals surface area contributed by atoms with E-state index >= 15 is 0 Å². The minimum Gasteiger partial charge on any atom is -0.361 e. The zero-order valence-electron chi connectivity index (χ0n) is 15.7. The topological polar surface area (TPSA) is 58.3 Å². The summed E-state index contributed by atoms with van der Waals surface area (Å²) >= 11 is 1.73. The lowest BCUT2D eigenvalue weighted by atomic mass is 10.2. The fourth-order valence-electron chi connectivity index (χ4n) is 3.68. The number of nitrogens with zero attached hydrogens (tertiary/aromatic N) is 5. The molecule has 1 aliphatic rings. The van der Waals surface area contributed by atoms with Gasteiger partial charge in [0.05, 0.1) is 11.1 Å². The first kappa shape index (κ1) is 17.3. The van der Waals surface area contributed by atoms with Gasteiger partial charge in [-0.25, -0.2) is 9.97 Å². The highest BCUT2D eigenvalue weighted by Crippen LogP contribution is 2.36. The van der Waals surface area contributed by atoms with Gasteiger partial charge in [0, 0.05) is 43.7 Å². The summed E-state index contributed by atoms with van der Waals surface area (Å²) in [5, 5.41) is 5.26. The fraction of sp³-hybridized carbons (Fsp3) is 0.286. The maximum absolute atomic E-state index is 5.18. The standard InChI is InChI=1S/C21H21N5OS/c1-15-11-17(24-27-15)13-25-7-9-26(10-8-25)20-18-12-19(16-5-3-2-4-6-16)28-21(18)23-14-22-20/h2-6,11-12,14H,7-10,13H2,1H3. The Balaban J connectivity index is 1.34. The van der Waals surface area contributed by atoms with Crippen LogP contribution in [0.15, 0.2) is 53.3 Å². The van der Waals surface area contributed by atoms with Crippen LogP contribution in [0.5, 0.6) is 0 Å². The van der Waals surface area contributed by atoms with Gasteiger partial charge in [-0.2, -0.15) is 0 Å². The molecule has 0 aliphatic carbocycles. The molecule has 1 fully saturated rings. The Bertz CT molecular complexity index is 1080. The second kappa shape index (κ2) is 7.33. The minimum absolute atomic E-state index is 0.834. The van der Waals surface area contributed by atoms with E-state index in [1.54, 1.807) is 17.7 Å². The molecule has 7 heteroatoms. The third-order valence-electron chi connectivity index (χ3n) is 5.10. The Kier molecular flexibility index (Phi) is 4.54. The number of aromatic nitrogens is 3. The van der Waals surface area contributed by atoms with E-state index in [4.69, 9.17) is 4.52 Å². The predicted octanol–water partition coefficient (Wildman–Crippen LogP) is 3.98. The maximum atomic E-state index is 5.18. The fourth-order valence-corrected chi connectivity index (χ4v) is 4.68. The van der Waals surface area contributed by atoms with Crippen LogP contribution in [-0.2, 0) is 6.54 Å². The van der Waals surface area contributed by atoms with Crippen molar-refractivity contribution < 1.29 is 4.52 Å². The van der Waals surface area contributed by atoms with Gasteiger partial charge in [-0.3, -0.25) is 4.90 Å². The van der Waals surface area contributed by atoms with Crippen LogP contribution >= 0.6 is 11.3 Å². The van der Waals surface area contributed by atoms with Gasteiger partial charge in [0.1, 0.15) is 22.7 Å². The minimum atomic E-state index is 0.834. The van der Waals surface area contributed by atoms with E-state index in [1.807, 2.05) is 19.1 Å². The lowest BCUT2D eigenvalue weighted by molar-refractivity contribution is 0.241. The summed E-state index contributed by atoms with van der Waals surface area (Å²) in [5.41, 5.74) is 2.23. The van der Waals surface area contributed by atoms with E-state index in [-0.39, 0.29) is 0 Å². The summed E-state index contributed by atoms with van der Waals surface area (Å²) in [5.74, 6) is 1.91. The molecule has 6 nitrogen and oxygen atoms in total. The van der Waals surface area contributed by atoms with E-state index in [0.29, 0.717) is 0 Å². The summed E-state index contributed by atoms with van der Waals surface area (Å²) in [6.07, 6.45) is 1.69. The van der Waals surface area contributed by atoms with Gasteiger partial charge < -0.3 is 9.42 Å². The molecule has 1 saturated heterocycles. The average Bonchev–Trinajstić information content (AvgIpc) is 3.35. The third-order valence-corrected chi connectivity index (χ3v) is 6.19. The van der Waals surface area contributed by atoms with Crippen molar-refractivity contribution in [1.29, 1.82) is 0 Å². The Labute approximate surface area is 167 Å². The third kappa shape index (κ3) is 3.39. The number of thiophene rings is 1. The maximum Gasteiger partial charge on any atom is 0.140 e. The summed E-state index contributed by atoms with van der Waals surface area (Å²) in [7, 11) is 0. The molecule has 0 amide bonds. The highest BCUT2D eigenvalue weighted by molar-refractivity contribution is 7.21. The van der Waals surface area contributed by atoms with Crippen LogP contribution in [0.1, 0.15) is 11.5 Å². The number of benzene rings is 1. The SMILES string of the molecule is Cc1cc(CN2CCN(c3ncnc4sc(-c5ccccc5)cc34)CC2)no1. The molecular weight excluding hydrogens is 370 g/mol. The molecule has 0 radical (unpaired) electrons. The molecule has 5 rings (SSSR count). The smallest absolute Gasteiger partial charge is 0.140 e. The Morgan fingerprint density at radius 2 is 1.86 bits per heavy atom. The molecule has 4 heterocycles. The lowest BCUT2D eigenvalue weighted by Gasteiger charge is -2.35. The number of hydrogen-bond donors (Lipinski definition) is 0. The van der Waals surface area contributed by atoms with E-state index in [1.165, 1.54) is 10.4 Å². The Hall–Kier alpha value is -2.77. The van der Waals surface area contributed by atoms with E-state index in [2.05, 4.69) is 55.3 Å². The zero-order valence-corrected chi connectivity index (χ0v) is 16.5. The van der Waals surface area contributed by atoms with Gasteiger partial charge in [-0.15, -0.1) is 11.3 Å². The van der Waals surface area contributed by atoms with E-state index < -0.39 is 0 Å². The summed E-state index contributed by atoms with van der Waals surface area (Å²) < 4.78 is 5.18. The normalized spacial score (nSPS) is 15.4. The van der Waals surface area contributed by atoms with Crippen molar-refractivity contribution in [1.82, 2.24) is 20.0 Å². The van der Waals surface area contributed by atoms with Crippen molar-refractivity contribution in [3.8, 4) is 10.4 Å². The molecular formula is C21H21N5OS. The van der Waals surface area contributed by atoms with Gasteiger partial charge in [-0.1, -0.05) is 35.5 Å². The molecule has 0 N–H and O–H groups in total. The monoisotopic (exact) mass is 391 g/mol. The zero-order chi connectivity index (χ0) is 18.9. The molecule has 28 heavy (non-hydrogen) atoms. The van der Waals surface area contributed by atoms with Crippen molar-refractivity contribution in [2.75, 3.05) is 31.1 Å². The van der Waals surface area contributed by atoms with E-state index in [9.17, 15) is 0 Å². The van der Waals surface area contributed by atoms with Crippen LogP contribution in [0.4, 0.5) is 5.82 Å². The summed E-state index contributed by atoms with van der Waals surface area (Å²) in [4.78, 5) is 16.2. The molecule has 1 aliphatic heterocycles. The number of piperazine rings is 1. The van der Waals surface area contributed by atoms with Gasteiger partial charge in [0.25, 0.3) is 0 Å². The van der Waals surface area contributed by atoms with Crippen molar-refractivity contribution in [2.24, 2.45) is 0 Å². The molecule has 0 spiro atoms. The van der Waals surface area contributed by atoms with Gasteiger partial charge in [0.2, 0.25) is 0 Å². The predicted molar refractivity (Wildman–Crippen MR) is 112 cm³/mol. The molecule has 4 aromatic rings.